The van der Waals surface area contributed by atoms with E-state index in [0.717, 1.165) is 69.9 Å². The molecule has 0 saturated carbocycles. The molecule has 2 saturated heterocycles. The van der Waals surface area contributed by atoms with E-state index in [-0.39, 0.29) is 5.92 Å². The highest BCUT2D eigenvalue weighted by atomic mass is 35.5. The molecule has 2 aliphatic rings. The average Bonchev–Trinajstić information content (AvgIpc) is 2.75. The Kier molecular flexibility index (Phi) is 6.89. The van der Waals surface area contributed by atoms with Crippen LogP contribution in [-0.4, -0.2) is 41.9 Å². The molecule has 2 aromatic carbocycles. The average molecular weight is 411 g/mol. The van der Waals surface area contributed by atoms with Gasteiger partial charge in [0.25, 0.3) is 0 Å². The summed E-state index contributed by atoms with van der Waals surface area (Å²) in [4.78, 5) is 17.7. The van der Waals surface area contributed by atoms with Crippen molar-refractivity contribution in [2.75, 3.05) is 26.2 Å². The zero-order chi connectivity index (χ0) is 20.1. The molecule has 2 heterocycles. The fourth-order valence-electron chi connectivity index (χ4n) is 4.86. The summed E-state index contributed by atoms with van der Waals surface area (Å²) in [5, 5.41) is 0.783. The Bertz CT molecular complexity index is 801. The standard InChI is InChI=1S/C25H31ClN2O/c26-24-10-4-8-22(17-24)18-27-13-5-9-23(19-27)25(29)28-14-11-21(12-15-28)16-20-6-2-1-3-7-20/h1-4,6-8,10,17,21,23H,5,9,11-16,18-19H2/t23-/m1/s1. The monoisotopic (exact) mass is 410 g/mol. The molecule has 2 fully saturated rings. The van der Waals surface area contributed by atoms with Crippen molar-refractivity contribution in [2.45, 2.75) is 38.6 Å². The first-order chi connectivity index (χ1) is 14.2. The van der Waals surface area contributed by atoms with E-state index in [2.05, 4.69) is 46.2 Å². The lowest BCUT2D eigenvalue weighted by atomic mass is 9.89. The molecule has 0 unspecified atom stereocenters. The number of rotatable bonds is 5. The Balaban J connectivity index is 1.27. The van der Waals surface area contributed by atoms with Gasteiger partial charge in [0, 0.05) is 31.2 Å². The molecule has 4 heteroatoms. The van der Waals surface area contributed by atoms with Crippen molar-refractivity contribution >= 4 is 17.5 Å². The van der Waals surface area contributed by atoms with E-state index < -0.39 is 0 Å². The van der Waals surface area contributed by atoms with Crippen LogP contribution in [0, 0.1) is 11.8 Å². The molecule has 0 aliphatic carbocycles. The predicted molar refractivity (Wildman–Crippen MR) is 119 cm³/mol. The number of likely N-dealkylation sites (tertiary alicyclic amines) is 2. The van der Waals surface area contributed by atoms with Crippen molar-refractivity contribution in [2.24, 2.45) is 11.8 Å². The summed E-state index contributed by atoms with van der Waals surface area (Å²) in [5.41, 5.74) is 2.65. The van der Waals surface area contributed by atoms with Gasteiger partial charge in [0.1, 0.15) is 0 Å². The molecule has 0 bridgehead atoms. The lowest BCUT2D eigenvalue weighted by Gasteiger charge is -2.38. The van der Waals surface area contributed by atoms with Crippen molar-refractivity contribution in [3.8, 4) is 0 Å². The number of nitrogens with zero attached hydrogens (tertiary/aromatic N) is 2. The first-order valence-corrected chi connectivity index (χ1v) is 11.3. The molecular weight excluding hydrogens is 380 g/mol. The van der Waals surface area contributed by atoms with E-state index in [1.165, 1.54) is 11.1 Å². The van der Waals surface area contributed by atoms with Crippen LogP contribution in [0.5, 0.6) is 0 Å². The third kappa shape index (κ3) is 5.61. The first-order valence-electron chi connectivity index (χ1n) is 11.0. The second-order valence-electron chi connectivity index (χ2n) is 8.66. The number of carbonyl (C=O) groups is 1. The predicted octanol–water partition coefficient (Wildman–Crippen LogP) is 5.03. The maximum absolute atomic E-state index is 13.1. The summed E-state index contributed by atoms with van der Waals surface area (Å²) in [5.74, 6) is 1.22. The molecule has 3 nitrogen and oxygen atoms in total. The zero-order valence-corrected chi connectivity index (χ0v) is 17.9. The first kappa shape index (κ1) is 20.4. The number of carbonyl (C=O) groups excluding carboxylic acids is 1. The van der Waals surface area contributed by atoms with E-state index in [9.17, 15) is 4.79 Å². The highest BCUT2D eigenvalue weighted by Crippen LogP contribution is 2.26. The van der Waals surface area contributed by atoms with Crippen molar-refractivity contribution < 1.29 is 4.79 Å². The maximum Gasteiger partial charge on any atom is 0.226 e. The fourth-order valence-corrected chi connectivity index (χ4v) is 5.07. The number of piperidine rings is 2. The quantitative estimate of drug-likeness (QED) is 0.689. The van der Waals surface area contributed by atoms with Crippen LogP contribution in [0.4, 0.5) is 0 Å². The van der Waals surface area contributed by atoms with Gasteiger partial charge in [0.15, 0.2) is 0 Å². The van der Waals surface area contributed by atoms with Gasteiger partial charge in [-0.1, -0.05) is 54.1 Å². The van der Waals surface area contributed by atoms with Crippen molar-refractivity contribution in [1.82, 2.24) is 9.80 Å². The number of hydrogen-bond donors (Lipinski definition) is 0. The summed E-state index contributed by atoms with van der Waals surface area (Å²) < 4.78 is 0. The van der Waals surface area contributed by atoms with Crippen LogP contribution in [0.25, 0.3) is 0 Å². The summed E-state index contributed by atoms with van der Waals surface area (Å²) in [6.45, 7) is 4.65. The van der Waals surface area contributed by atoms with E-state index in [1.807, 2.05) is 18.2 Å². The van der Waals surface area contributed by atoms with Gasteiger partial charge < -0.3 is 4.90 Å². The van der Waals surface area contributed by atoms with E-state index in [1.54, 1.807) is 0 Å². The number of benzene rings is 2. The minimum Gasteiger partial charge on any atom is -0.342 e. The van der Waals surface area contributed by atoms with Crippen LogP contribution >= 0.6 is 11.6 Å². The van der Waals surface area contributed by atoms with Crippen molar-refractivity contribution in [3.63, 3.8) is 0 Å². The smallest absolute Gasteiger partial charge is 0.226 e. The second kappa shape index (κ2) is 9.77. The van der Waals surface area contributed by atoms with Gasteiger partial charge in [-0.05, 0) is 67.8 Å². The SMILES string of the molecule is O=C([C@@H]1CCCN(Cc2cccc(Cl)c2)C1)N1CCC(Cc2ccccc2)CC1. The molecule has 0 radical (unpaired) electrons. The fraction of sp³-hybridized carbons (Fsp3) is 0.480. The zero-order valence-electron chi connectivity index (χ0n) is 17.1. The summed E-state index contributed by atoms with van der Waals surface area (Å²) in [6, 6.07) is 18.8. The lowest BCUT2D eigenvalue weighted by Crippen LogP contribution is -2.47. The van der Waals surface area contributed by atoms with Gasteiger partial charge in [0.2, 0.25) is 5.91 Å². The molecule has 0 N–H and O–H groups in total. The molecule has 1 atom stereocenters. The van der Waals surface area contributed by atoms with E-state index >= 15 is 0 Å². The number of amides is 1. The Labute approximate surface area is 179 Å². The van der Waals surface area contributed by atoms with Crippen LogP contribution in [0.3, 0.4) is 0 Å². The minimum atomic E-state index is 0.147. The lowest BCUT2D eigenvalue weighted by molar-refractivity contribution is -0.138. The van der Waals surface area contributed by atoms with Gasteiger partial charge >= 0.3 is 0 Å². The van der Waals surface area contributed by atoms with Crippen LogP contribution in [0.15, 0.2) is 54.6 Å². The van der Waals surface area contributed by atoms with Gasteiger partial charge in [-0.2, -0.15) is 0 Å². The second-order valence-corrected chi connectivity index (χ2v) is 9.10. The van der Waals surface area contributed by atoms with E-state index in [4.69, 9.17) is 11.6 Å². The third-order valence-corrected chi connectivity index (χ3v) is 6.68. The van der Waals surface area contributed by atoms with Crippen LogP contribution in [0.1, 0.15) is 36.8 Å². The molecule has 0 aromatic heterocycles. The Morgan fingerprint density at radius 2 is 1.69 bits per heavy atom. The maximum atomic E-state index is 13.1. The Morgan fingerprint density at radius 1 is 0.931 bits per heavy atom. The number of halogens is 1. The van der Waals surface area contributed by atoms with Crippen LogP contribution in [0.2, 0.25) is 5.02 Å². The topological polar surface area (TPSA) is 23.6 Å². The molecular formula is C25H31ClN2O. The summed E-state index contributed by atoms with van der Waals surface area (Å²) >= 11 is 6.13. The minimum absolute atomic E-state index is 0.147. The Morgan fingerprint density at radius 3 is 2.45 bits per heavy atom. The Hall–Kier alpha value is -1.84. The van der Waals surface area contributed by atoms with Crippen molar-refractivity contribution in [1.29, 1.82) is 0 Å². The number of hydrogen-bond acceptors (Lipinski definition) is 2. The highest BCUT2D eigenvalue weighted by molar-refractivity contribution is 6.30. The molecule has 0 spiro atoms. The van der Waals surface area contributed by atoms with Crippen LogP contribution in [-0.2, 0) is 17.8 Å². The van der Waals surface area contributed by atoms with Gasteiger partial charge in [0.05, 0.1) is 5.92 Å². The largest absolute Gasteiger partial charge is 0.342 e. The molecule has 2 aromatic rings. The molecule has 4 rings (SSSR count). The third-order valence-electron chi connectivity index (χ3n) is 6.44. The van der Waals surface area contributed by atoms with Gasteiger partial charge in [-0.25, -0.2) is 0 Å². The van der Waals surface area contributed by atoms with E-state index in [0.29, 0.717) is 11.8 Å². The van der Waals surface area contributed by atoms with Crippen molar-refractivity contribution in [3.05, 3.63) is 70.7 Å². The molecule has 29 heavy (non-hydrogen) atoms. The summed E-state index contributed by atoms with van der Waals surface area (Å²) in [7, 11) is 0. The van der Waals surface area contributed by atoms with Gasteiger partial charge in [-0.15, -0.1) is 0 Å². The normalized spacial score (nSPS) is 21.3. The van der Waals surface area contributed by atoms with Crippen LogP contribution < -0.4 is 0 Å². The van der Waals surface area contributed by atoms with Gasteiger partial charge in [-0.3, -0.25) is 9.69 Å². The summed E-state index contributed by atoms with van der Waals surface area (Å²) in [6.07, 6.45) is 5.51. The molecule has 154 valence electrons. The molecule has 1 amide bonds. The highest BCUT2D eigenvalue weighted by Gasteiger charge is 2.31. The molecule has 2 aliphatic heterocycles.